The predicted molar refractivity (Wildman–Crippen MR) is 134 cm³/mol. The molecule has 4 rings (SSSR count). The van der Waals surface area contributed by atoms with Crippen LogP contribution in [0.1, 0.15) is 38.6 Å². The van der Waals surface area contributed by atoms with Gasteiger partial charge in [-0.3, -0.25) is 14.3 Å². The van der Waals surface area contributed by atoms with Crippen molar-refractivity contribution in [2.24, 2.45) is 0 Å². The Bertz CT molecular complexity index is 1280. The van der Waals surface area contributed by atoms with E-state index in [0.29, 0.717) is 48.5 Å². The molecule has 33 heavy (non-hydrogen) atoms. The van der Waals surface area contributed by atoms with Gasteiger partial charge in [-0.1, -0.05) is 41.9 Å². The van der Waals surface area contributed by atoms with Crippen LogP contribution in [-0.4, -0.2) is 53.4 Å². The van der Waals surface area contributed by atoms with Crippen LogP contribution < -0.4 is 5.56 Å². The van der Waals surface area contributed by atoms with Crippen LogP contribution >= 0.6 is 15.9 Å². The smallest absolute Gasteiger partial charge is 0.261 e. The summed E-state index contributed by atoms with van der Waals surface area (Å²) in [6, 6.07) is 14.2. The zero-order valence-corrected chi connectivity index (χ0v) is 21.3. The maximum absolute atomic E-state index is 13.2. The number of piperazine rings is 1. The van der Waals surface area contributed by atoms with Crippen molar-refractivity contribution in [3.05, 3.63) is 69.2 Å². The minimum Gasteiger partial charge on any atom is -0.295 e. The number of hydrogen-bond acceptors (Lipinski definition) is 5. The van der Waals surface area contributed by atoms with Gasteiger partial charge in [0, 0.05) is 37.2 Å². The highest BCUT2D eigenvalue weighted by Crippen LogP contribution is 2.27. The van der Waals surface area contributed by atoms with Crippen molar-refractivity contribution in [1.29, 1.82) is 0 Å². The molecule has 1 unspecified atom stereocenters. The lowest BCUT2D eigenvalue weighted by atomic mass is 10.1. The summed E-state index contributed by atoms with van der Waals surface area (Å²) < 4.78 is 30.4. The molecule has 1 fully saturated rings. The molecule has 0 bridgehead atoms. The Morgan fingerprint density at radius 2 is 1.67 bits per heavy atom. The lowest BCUT2D eigenvalue weighted by molar-refractivity contribution is 0.125. The van der Waals surface area contributed by atoms with Crippen LogP contribution in [0.2, 0.25) is 0 Å². The van der Waals surface area contributed by atoms with Crippen LogP contribution in [0.25, 0.3) is 10.9 Å². The van der Waals surface area contributed by atoms with Gasteiger partial charge in [-0.05, 0) is 49.2 Å². The average molecular weight is 533 g/mol. The van der Waals surface area contributed by atoms with E-state index < -0.39 is 10.0 Å². The van der Waals surface area contributed by atoms with Gasteiger partial charge in [0.1, 0.15) is 5.82 Å². The van der Waals surface area contributed by atoms with Gasteiger partial charge in [0.25, 0.3) is 5.56 Å². The second kappa shape index (κ2) is 10.0. The Hall–Kier alpha value is -2.07. The van der Waals surface area contributed by atoms with Crippen molar-refractivity contribution in [2.45, 2.75) is 44.2 Å². The molecular formula is C24H29BrN4O3S. The van der Waals surface area contributed by atoms with E-state index in [4.69, 9.17) is 4.98 Å². The molecule has 2 aromatic carbocycles. The molecule has 0 aliphatic carbocycles. The molecule has 0 amide bonds. The normalized spacial score (nSPS) is 16.8. The molecule has 7 nitrogen and oxygen atoms in total. The number of rotatable bonds is 7. The molecule has 1 aliphatic rings. The van der Waals surface area contributed by atoms with Gasteiger partial charge in [0.15, 0.2) is 0 Å². The van der Waals surface area contributed by atoms with E-state index in [2.05, 4.69) is 34.7 Å². The van der Waals surface area contributed by atoms with Crippen molar-refractivity contribution >= 4 is 36.9 Å². The van der Waals surface area contributed by atoms with Crippen LogP contribution in [0.5, 0.6) is 0 Å². The molecule has 1 atom stereocenters. The van der Waals surface area contributed by atoms with Gasteiger partial charge in [-0.15, -0.1) is 0 Å². The molecule has 0 radical (unpaired) electrons. The van der Waals surface area contributed by atoms with Crippen LogP contribution in [0.4, 0.5) is 0 Å². The second-order valence-corrected chi connectivity index (χ2v) is 11.1. The molecule has 9 heteroatoms. The lowest BCUT2D eigenvalue weighted by Crippen LogP contribution is -2.50. The Balaban J connectivity index is 1.60. The van der Waals surface area contributed by atoms with Gasteiger partial charge >= 0.3 is 0 Å². The van der Waals surface area contributed by atoms with Crippen LogP contribution in [0.15, 0.2) is 62.7 Å². The van der Waals surface area contributed by atoms with Crippen molar-refractivity contribution in [2.75, 3.05) is 26.2 Å². The van der Waals surface area contributed by atoms with E-state index in [1.807, 2.05) is 24.3 Å². The third kappa shape index (κ3) is 4.77. The van der Waals surface area contributed by atoms with Gasteiger partial charge in [-0.25, -0.2) is 13.4 Å². The Morgan fingerprint density at radius 1 is 1.00 bits per heavy atom. The van der Waals surface area contributed by atoms with E-state index in [9.17, 15) is 13.2 Å². The Morgan fingerprint density at radius 3 is 2.30 bits per heavy atom. The number of fused-ring (bicyclic) bond motifs is 1. The fraction of sp³-hybridized carbons (Fsp3) is 0.417. The molecule has 176 valence electrons. The summed E-state index contributed by atoms with van der Waals surface area (Å²) in [5, 5.41) is 0.634. The zero-order valence-electron chi connectivity index (χ0n) is 18.9. The number of nitrogens with zero attached hydrogens (tertiary/aromatic N) is 4. The van der Waals surface area contributed by atoms with Gasteiger partial charge in [0.2, 0.25) is 10.0 Å². The summed E-state index contributed by atoms with van der Waals surface area (Å²) >= 11 is 3.35. The van der Waals surface area contributed by atoms with Gasteiger partial charge in [0.05, 0.1) is 21.8 Å². The van der Waals surface area contributed by atoms with Gasteiger partial charge < -0.3 is 0 Å². The van der Waals surface area contributed by atoms with E-state index in [1.165, 1.54) is 0 Å². The summed E-state index contributed by atoms with van der Waals surface area (Å²) in [6.45, 7) is 6.74. The van der Waals surface area contributed by atoms with Crippen molar-refractivity contribution < 1.29 is 8.42 Å². The SMILES string of the molecule is CCCn1c(C(CC)N2CCN(S(=O)(=O)c3ccc(Br)cc3)CC2)nc2ccccc2c1=O. The predicted octanol–water partition coefficient (Wildman–Crippen LogP) is 4.03. The van der Waals surface area contributed by atoms with Crippen LogP contribution in [0.3, 0.4) is 0 Å². The first kappa shape index (κ1) is 24.1. The summed E-state index contributed by atoms with van der Waals surface area (Å²) in [5.74, 6) is 0.771. The first-order chi connectivity index (χ1) is 15.9. The molecular weight excluding hydrogens is 504 g/mol. The highest BCUT2D eigenvalue weighted by Gasteiger charge is 2.32. The minimum absolute atomic E-state index is 0.00708. The second-order valence-electron chi connectivity index (χ2n) is 8.26. The van der Waals surface area contributed by atoms with Crippen molar-refractivity contribution in [3.63, 3.8) is 0 Å². The molecule has 1 aliphatic heterocycles. The summed E-state index contributed by atoms with van der Waals surface area (Å²) in [6.07, 6.45) is 1.62. The van der Waals surface area contributed by atoms with E-state index in [-0.39, 0.29) is 11.6 Å². The largest absolute Gasteiger partial charge is 0.295 e. The molecule has 0 spiro atoms. The summed E-state index contributed by atoms with van der Waals surface area (Å²) in [4.78, 5) is 20.7. The number of benzene rings is 2. The van der Waals surface area contributed by atoms with Gasteiger partial charge in [-0.2, -0.15) is 4.31 Å². The molecule has 2 heterocycles. The molecule has 0 N–H and O–H groups in total. The van der Waals surface area contributed by atoms with E-state index >= 15 is 0 Å². The average Bonchev–Trinajstić information content (AvgIpc) is 2.82. The summed E-state index contributed by atoms with van der Waals surface area (Å²) in [7, 11) is -3.54. The molecule has 1 aromatic heterocycles. The Labute approximate surface area is 203 Å². The van der Waals surface area contributed by atoms with E-state index in [1.54, 1.807) is 33.1 Å². The highest BCUT2D eigenvalue weighted by molar-refractivity contribution is 9.10. The minimum atomic E-state index is -3.54. The number of hydrogen-bond donors (Lipinski definition) is 0. The monoisotopic (exact) mass is 532 g/mol. The fourth-order valence-electron chi connectivity index (χ4n) is 4.49. The third-order valence-electron chi connectivity index (χ3n) is 6.19. The molecule has 1 saturated heterocycles. The molecule has 0 saturated carbocycles. The number of para-hydroxylation sites is 1. The van der Waals surface area contributed by atoms with Crippen LogP contribution in [-0.2, 0) is 16.6 Å². The maximum Gasteiger partial charge on any atom is 0.261 e. The topological polar surface area (TPSA) is 75.5 Å². The Kier molecular flexibility index (Phi) is 7.33. The van der Waals surface area contributed by atoms with Crippen molar-refractivity contribution in [3.8, 4) is 0 Å². The highest BCUT2D eigenvalue weighted by atomic mass is 79.9. The number of sulfonamides is 1. The third-order valence-corrected chi connectivity index (χ3v) is 8.63. The number of halogens is 1. The lowest BCUT2D eigenvalue weighted by Gasteiger charge is -2.38. The maximum atomic E-state index is 13.2. The van der Waals surface area contributed by atoms with Crippen molar-refractivity contribution in [1.82, 2.24) is 18.8 Å². The fourth-order valence-corrected chi connectivity index (χ4v) is 6.18. The first-order valence-corrected chi connectivity index (χ1v) is 13.6. The first-order valence-electron chi connectivity index (χ1n) is 11.4. The number of aromatic nitrogens is 2. The quantitative estimate of drug-likeness (QED) is 0.459. The molecule has 3 aromatic rings. The van der Waals surface area contributed by atoms with E-state index in [0.717, 1.165) is 23.1 Å². The summed E-state index contributed by atoms with van der Waals surface area (Å²) in [5.41, 5.74) is 0.701. The van der Waals surface area contributed by atoms with Crippen LogP contribution in [0, 0.1) is 0 Å². The zero-order chi connectivity index (χ0) is 23.6. The standard InChI is InChI=1S/C24H29BrN4O3S/c1-3-13-29-23(26-21-8-6-5-7-20(21)24(29)30)22(4-2)27-14-16-28(17-15-27)33(31,32)19-11-9-18(25)10-12-19/h5-12,22H,3-4,13-17H2,1-2H3.